The van der Waals surface area contributed by atoms with Gasteiger partial charge in [-0.3, -0.25) is 4.79 Å². The summed E-state index contributed by atoms with van der Waals surface area (Å²) >= 11 is 4.72. The summed E-state index contributed by atoms with van der Waals surface area (Å²) < 4.78 is 12.9. The third kappa shape index (κ3) is 5.97. The molecule has 0 aliphatic carbocycles. The van der Waals surface area contributed by atoms with Crippen molar-refractivity contribution in [3.8, 4) is 0 Å². The van der Waals surface area contributed by atoms with E-state index >= 15 is 0 Å². The van der Waals surface area contributed by atoms with Crippen LogP contribution in [0.1, 0.15) is 18.4 Å². The van der Waals surface area contributed by atoms with Crippen molar-refractivity contribution < 1.29 is 9.18 Å². The van der Waals surface area contributed by atoms with E-state index in [2.05, 4.69) is 5.32 Å². The molecule has 1 aromatic carbocycles. The molecular formula is C12H15FN2OS. The van der Waals surface area contributed by atoms with E-state index in [0.717, 1.165) is 6.42 Å². The lowest BCUT2D eigenvalue weighted by Crippen LogP contribution is -2.26. The van der Waals surface area contributed by atoms with Gasteiger partial charge in [0.15, 0.2) is 0 Å². The second kappa shape index (κ2) is 6.96. The summed E-state index contributed by atoms with van der Waals surface area (Å²) in [6, 6.07) is 6.01. The Kier molecular flexibility index (Phi) is 5.56. The predicted molar refractivity (Wildman–Crippen MR) is 69.1 cm³/mol. The molecule has 0 aliphatic rings. The third-order valence-electron chi connectivity index (χ3n) is 2.18. The van der Waals surface area contributed by atoms with E-state index in [0.29, 0.717) is 23.5 Å². The van der Waals surface area contributed by atoms with Gasteiger partial charge in [0.05, 0.1) is 11.4 Å². The maximum Gasteiger partial charge on any atom is 0.224 e. The molecule has 1 amide bonds. The molecule has 3 N–H and O–H groups in total. The molecule has 1 aromatic rings. The Morgan fingerprint density at radius 3 is 2.88 bits per heavy atom. The minimum atomic E-state index is -0.330. The fourth-order valence-corrected chi connectivity index (χ4v) is 1.53. The van der Waals surface area contributed by atoms with Crippen molar-refractivity contribution in [2.24, 2.45) is 5.73 Å². The molecule has 0 aliphatic heterocycles. The van der Waals surface area contributed by atoms with Crippen LogP contribution in [0.15, 0.2) is 24.3 Å². The first-order valence-corrected chi connectivity index (χ1v) is 5.78. The van der Waals surface area contributed by atoms with Gasteiger partial charge < -0.3 is 11.1 Å². The van der Waals surface area contributed by atoms with Crippen LogP contribution in [0.5, 0.6) is 0 Å². The number of thiocarbonyl (C=S) groups is 1. The number of nitrogens with two attached hydrogens (primary N) is 1. The zero-order valence-electron chi connectivity index (χ0n) is 9.41. The molecule has 0 saturated heterocycles. The average molecular weight is 254 g/mol. The summed E-state index contributed by atoms with van der Waals surface area (Å²) in [6.07, 6.45) is 1.53. The highest BCUT2D eigenvalue weighted by molar-refractivity contribution is 7.80. The largest absolute Gasteiger partial charge is 0.393 e. The minimum Gasteiger partial charge on any atom is -0.393 e. The maximum atomic E-state index is 12.9. The van der Waals surface area contributed by atoms with Crippen LogP contribution in [0.25, 0.3) is 0 Å². The van der Waals surface area contributed by atoms with Gasteiger partial charge in [-0.15, -0.1) is 0 Å². The summed E-state index contributed by atoms with van der Waals surface area (Å²) in [7, 11) is 0. The van der Waals surface area contributed by atoms with Gasteiger partial charge in [0, 0.05) is 6.54 Å². The first kappa shape index (κ1) is 13.6. The molecule has 3 nitrogen and oxygen atoms in total. The topological polar surface area (TPSA) is 55.1 Å². The number of carbonyl (C=O) groups excluding carboxylic acids is 1. The van der Waals surface area contributed by atoms with Crippen LogP contribution in [-0.2, 0) is 11.2 Å². The summed E-state index contributed by atoms with van der Waals surface area (Å²) in [5, 5.41) is 2.73. The predicted octanol–water partition coefficient (Wildman–Crippen LogP) is 1.55. The van der Waals surface area contributed by atoms with Crippen LogP contribution in [0, 0.1) is 5.82 Å². The zero-order chi connectivity index (χ0) is 12.7. The molecule has 0 unspecified atom stereocenters. The summed E-state index contributed by atoms with van der Waals surface area (Å²) in [5.41, 5.74) is 5.99. The molecule has 0 bridgehead atoms. The van der Waals surface area contributed by atoms with Gasteiger partial charge in [0.2, 0.25) is 5.91 Å². The number of halogens is 1. The average Bonchev–Trinajstić information content (AvgIpc) is 2.24. The van der Waals surface area contributed by atoms with Gasteiger partial charge in [-0.05, 0) is 30.5 Å². The fourth-order valence-electron chi connectivity index (χ4n) is 1.39. The number of carbonyl (C=O) groups is 1. The third-order valence-corrected chi connectivity index (χ3v) is 2.38. The van der Waals surface area contributed by atoms with Crippen molar-refractivity contribution in [1.29, 1.82) is 0 Å². The monoisotopic (exact) mass is 254 g/mol. The van der Waals surface area contributed by atoms with Crippen molar-refractivity contribution in [2.75, 3.05) is 6.54 Å². The number of rotatable bonds is 6. The summed E-state index contributed by atoms with van der Waals surface area (Å²) in [4.78, 5) is 11.9. The Balaban J connectivity index is 2.27. The normalized spacial score (nSPS) is 9.94. The van der Waals surface area contributed by atoms with E-state index in [-0.39, 0.29) is 18.1 Å². The smallest absolute Gasteiger partial charge is 0.224 e. The van der Waals surface area contributed by atoms with Crippen molar-refractivity contribution in [3.05, 3.63) is 35.6 Å². The standard InChI is InChI=1S/C12H15FN2OS/c13-10-4-1-3-9(7-10)8-12(16)15-6-2-5-11(14)17/h1,3-4,7H,2,5-6,8H2,(H2,14,17)(H,15,16). The summed E-state index contributed by atoms with van der Waals surface area (Å²) in [5.74, 6) is -0.456. The van der Waals surface area contributed by atoms with Gasteiger partial charge in [0.25, 0.3) is 0 Å². The first-order valence-electron chi connectivity index (χ1n) is 5.37. The molecule has 0 radical (unpaired) electrons. The van der Waals surface area contributed by atoms with E-state index in [1.54, 1.807) is 12.1 Å². The lowest BCUT2D eigenvalue weighted by molar-refractivity contribution is -0.120. The maximum absolute atomic E-state index is 12.9. The van der Waals surface area contributed by atoms with Crippen molar-refractivity contribution in [3.63, 3.8) is 0 Å². The van der Waals surface area contributed by atoms with Crippen LogP contribution in [0.2, 0.25) is 0 Å². The zero-order valence-corrected chi connectivity index (χ0v) is 10.2. The second-order valence-corrected chi connectivity index (χ2v) is 4.25. The van der Waals surface area contributed by atoms with Crippen LogP contribution in [0.4, 0.5) is 4.39 Å². The van der Waals surface area contributed by atoms with E-state index in [9.17, 15) is 9.18 Å². The van der Waals surface area contributed by atoms with Gasteiger partial charge in [-0.2, -0.15) is 0 Å². The Hall–Kier alpha value is -1.49. The molecule has 5 heteroatoms. The molecule has 0 heterocycles. The van der Waals surface area contributed by atoms with Crippen LogP contribution < -0.4 is 11.1 Å². The Labute approximate surface area is 105 Å². The van der Waals surface area contributed by atoms with Gasteiger partial charge >= 0.3 is 0 Å². The number of nitrogens with one attached hydrogen (secondary N) is 1. The molecule has 0 fully saturated rings. The van der Waals surface area contributed by atoms with E-state index < -0.39 is 0 Å². The van der Waals surface area contributed by atoms with Gasteiger partial charge in [0.1, 0.15) is 5.82 Å². The number of amides is 1. The lowest BCUT2D eigenvalue weighted by atomic mass is 10.1. The molecule has 92 valence electrons. The van der Waals surface area contributed by atoms with Crippen LogP contribution in [0.3, 0.4) is 0 Å². The van der Waals surface area contributed by atoms with E-state index in [1.807, 2.05) is 0 Å². The highest BCUT2D eigenvalue weighted by atomic mass is 32.1. The van der Waals surface area contributed by atoms with Crippen LogP contribution >= 0.6 is 12.2 Å². The molecule has 0 spiro atoms. The van der Waals surface area contributed by atoms with E-state index in [4.69, 9.17) is 18.0 Å². The molecule has 17 heavy (non-hydrogen) atoms. The molecule has 0 atom stereocenters. The first-order chi connectivity index (χ1) is 8.08. The Morgan fingerprint density at radius 2 is 2.24 bits per heavy atom. The van der Waals surface area contributed by atoms with Crippen molar-refractivity contribution in [1.82, 2.24) is 5.32 Å². The van der Waals surface area contributed by atoms with Crippen LogP contribution in [-0.4, -0.2) is 17.4 Å². The van der Waals surface area contributed by atoms with Crippen molar-refractivity contribution in [2.45, 2.75) is 19.3 Å². The molecule has 1 rings (SSSR count). The lowest BCUT2D eigenvalue weighted by Gasteiger charge is -2.05. The van der Waals surface area contributed by atoms with Gasteiger partial charge in [-0.25, -0.2) is 4.39 Å². The number of hydrogen-bond acceptors (Lipinski definition) is 2. The summed E-state index contributed by atoms with van der Waals surface area (Å²) in [6.45, 7) is 0.533. The molecular weight excluding hydrogens is 239 g/mol. The minimum absolute atomic E-state index is 0.126. The van der Waals surface area contributed by atoms with Crippen molar-refractivity contribution >= 4 is 23.1 Å². The fraction of sp³-hybridized carbons (Fsp3) is 0.333. The Bertz CT molecular complexity index is 409. The quantitative estimate of drug-likeness (QED) is 0.598. The van der Waals surface area contributed by atoms with E-state index in [1.165, 1.54) is 12.1 Å². The second-order valence-electron chi connectivity index (χ2n) is 3.73. The number of benzene rings is 1. The SMILES string of the molecule is NC(=S)CCCNC(=O)Cc1cccc(F)c1. The highest BCUT2D eigenvalue weighted by Crippen LogP contribution is 2.04. The Morgan fingerprint density at radius 1 is 1.47 bits per heavy atom. The van der Waals surface area contributed by atoms with Gasteiger partial charge in [-0.1, -0.05) is 24.4 Å². The number of hydrogen-bond donors (Lipinski definition) is 2. The molecule has 0 aromatic heterocycles. The highest BCUT2D eigenvalue weighted by Gasteiger charge is 2.03. The molecule has 0 saturated carbocycles.